The van der Waals surface area contributed by atoms with E-state index in [1.165, 1.54) is 30.3 Å². The maximum atomic E-state index is 14.0. The van der Waals surface area contributed by atoms with E-state index in [4.69, 9.17) is 21.1 Å². The smallest absolute Gasteiger partial charge is 0.416 e. The number of nitrogens with zero attached hydrogens (tertiary/aromatic N) is 5. The van der Waals surface area contributed by atoms with Gasteiger partial charge in [-0.05, 0) is 36.4 Å². The molecule has 12 nitrogen and oxygen atoms in total. The number of hydrogen-bond donors (Lipinski definition) is 3. The third kappa shape index (κ3) is 7.23. The van der Waals surface area contributed by atoms with E-state index in [9.17, 15) is 27.9 Å². The second-order valence-corrected chi connectivity index (χ2v) is 10.4. The molecule has 0 radical (unpaired) electrons. The third-order valence-electron chi connectivity index (χ3n) is 7.18. The van der Waals surface area contributed by atoms with E-state index in [0.29, 0.717) is 13.1 Å². The van der Waals surface area contributed by atoms with Crippen LogP contribution in [0.3, 0.4) is 0 Å². The van der Waals surface area contributed by atoms with Gasteiger partial charge in [0.05, 0.1) is 17.1 Å². The van der Waals surface area contributed by atoms with Crippen LogP contribution in [-0.4, -0.2) is 82.9 Å². The van der Waals surface area contributed by atoms with Crippen LogP contribution < -0.4 is 25.0 Å². The molecule has 234 valence electrons. The molecule has 0 atom stereocenters. The number of nitrogens with one attached hydrogen (secondary N) is 2. The number of carbonyl (C=O) groups excluding carboxylic acids is 1. The molecule has 1 saturated heterocycles. The second kappa shape index (κ2) is 13.1. The van der Waals surface area contributed by atoms with Gasteiger partial charge in [0.1, 0.15) is 18.7 Å². The van der Waals surface area contributed by atoms with Crippen molar-refractivity contribution in [1.29, 1.82) is 0 Å². The predicted octanol–water partition coefficient (Wildman–Crippen LogP) is 5.60. The SMILES string of the molecule is CCN1CCN(Cc2ccc(NC(=O)Nc3ccc(Cl)c(Oc4ncnc5c4OCCN5C(=O)O)c3)cc2C(F)(F)F)CC1. The molecule has 2 aliphatic heterocycles. The Labute approximate surface area is 255 Å². The molecule has 1 aromatic heterocycles. The first-order chi connectivity index (χ1) is 21.0. The summed E-state index contributed by atoms with van der Waals surface area (Å²) in [4.78, 5) is 37.5. The molecule has 3 N–H and O–H groups in total. The van der Waals surface area contributed by atoms with E-state index in [1.807, 2.05) is 4.90 Å². The summed E-state index contributed by atoms with van der Waals surface area (Å²) in [5, 5.41) is 14.5. The predicted molar refractivity (Wildman–Crippen MR) is 156 cm³/mol. The highest BCUT2D eigenvalue weighted by molar-refractivity contribution is 6.32. The van der Waals surface area contributed by atoms with E-state index >= 15 is 0 Å². The van der Waals surface area contributed by atoms with E-state index in [0.717, 1.165) is 36.9 Å². The molecule has 44 heavy (non-hydrogen) atoms. The largest absolute Gasteiger partial charge is 0.483 e. The molecule has 1 fully saturated rings. The van der Waals surface area contributed by atoms with Crippen LogP contribution >= 0.6 is 11.6 Å². The molecular weight excluding hydrogens is 607 g/mol. The van der Waals surface area contributed by atoms with Crippen LogP contribution in [0.5, 0.6) is 17.4 Å². The summed E-state index contributed by atoms with van der Waals surface area (Å²) in [6.45, 7) is 6.17. The van der Waals surface area contributed by atoms with Crippen molar-refractivity contribution in [3.8, 4) is 17.4 Å². The lowest BCUT2D eigenvalue weighted by atomic mass is 10.0. The van der Waals surface area contributed by atoms with Gasteiger partial charge in [0, 0.05) is 50.2 Å². The van der Waals surface area contributed by atoms with Crippen LogP contribution in [0.25, 0.3) is 0 Å². The van der Waals surface area contributed by atoms with Crippen molar-refractivity contribution in [1.82, 2.24) is 19.8 Å². The fourth-order valence-electron chi connectivity index (χ4n) is 4.89. The minimum absolute atomic E-state index is 0.000423. The maximum absolute atomic E-state index is 14.0. The standard InChI is InChI=1S/C28H29ClF3N7O5/c1-2-37-7-9-38(10-8-37)15-17-3-4-18(13-20(17)28(30,31)32)35-26(40)36-19-5-6-21(29)22(14-19)44-25-23-24(33-16-34-25)39(27(41)42)11-12-43-23/h3-6,13-14,16H,2,7-12,15H2,1H3,(H,41,42)(H2,35,36,40). The van der Waals surface area contributed by atoms with Gasteiger partial charge in [-0.2, -0.15) is 18.2 Å². The number of ether oxygens (including phenoxy) is 2. The zero-order chi connectivity index (χ0) is 31.4. The monoisotopic (exact) mass is 635 g/mol. The van der Waals surface area contributed by atoms with Gasteiger partial charge in [-0.1, -0.05) is 24.6 Å². The third-order valence-corrected chi connectivity index (χ3v) is 7.49. The Balaban J connectivity index is 1.28. The zero-order valence-corrected chi connectivity index (χ0v) is 24.3. The number of halogens is 4. The summed E-state index contributed by atoms with van der Waals surface area (Å²) < 4.78 is 53.3. The van der Waals surface area contributed by atoms with E-state index in [2.05, 4.69) is 32.4 Å². The van der Waals surface area contributed by atoms with Crippen LogP contribution in [0.2, 0.25) is 5.02 Å². The van der Waals surface area contributed by atoms with Gasteiger partial charge in [-0.15, -0.1) is 0 Å². The molecule has 16 heteroatoms. The summed E-state index contributed by atoms with van der Waals surface area (Å²) in [7, 11) is 0. The van der Waals surface area contributed by atoms with Crippen molar-refractivity contribution in [2.45, 2.75) is 19.6 Å². The Morgan fingerprint density at radius 3 is 2.39 bits per heavy atom. The molecule has 0 saturated carbocycles. The first kappa shape index (κ1) is 31.1. The molecule has 3 heterocycles. The summed E-state index contributed by atoms with van der Waals surface area (Å²) >= 11 is 6.28. The maximum Gasteiger partial charge on any atom is 0.416 e. The Morgan fingerprint density at radius 1 is 1.02 bits per heavy atom. The number of carbonyl (C=O) groups is 2. The lowest BCUT2D eigenvalue weighted by Gasteiger charge is -2.34. The van der Waals surface area contributed by atoms with Gasteiger partial charge in [0.25, 0.3) is 5.88 Å². The Bertz CT molecular complexity index is 1540. The molecule has 0 spiro atoms. The van der Waals surface area contributed by atoms with Crippen LogP contribution in [0.1, 0.15) is 18.1 Å². The van der Waals surface area contributed by atoms with Crippen LogP contribution in [0.15, 0.2) is 42.7 Å². The fraction of sp³-hybridized carbons (Fsp3) is 0.357. The molecule has 3 aromatic rings. The molecule has 0 bridgehead atoms. The quantitative estimate of drug-likeness (QED) is 0.303. The minimum atomic E-state index is -4.61. The molecule has 0 aliphatic carbocycles. The number of benzene rings is 2. The molecule has 3 amide bonds. The molecule has 5 rings (SSSR count). The first-order valence-corrected chi connectivity index (χ1v) is 14.1. The summed E-state index contributed by atoms with van der Waals surface area (Å²) in [5.74, 6) is -0.0522. The Kier molecular flexibility index (Phi) is 9.27. The average molecular weight is 636 g/mol. The van der Waals surface area contributed by atoms with Gasteiger partial charge in [0.2, 0.25) is 5.75 Å². The number of likely N-dealkylation sites (N-methyl/N-ethyl adjacent to an activating group) is 1. The number of fused-ring (bicyclic) bond motifs is 1. The fourth-order valence-corrected chi connectivity index (χ4v) is 5.04. The molecule has 2 aliphatic rings. The van der Waals surface area contributed by atoms with Crippen molar-refractivity contribution in [2.75, 3.05) is 61.4 Å². The highest BCUT2D eigenvalue weighted by atomic mass is 35.5. The van der Waals surface area contributed by atoms with Gasteiger partial charge >= 0.3 is 18.3 Å². The van der Waals surface area contributed by atoms with Gasteiger partial charge < -0.3 is 30.1 Å². The highest BCUT2D eigenvalue weighted by Crippen LogP contribution is 2.41. The number of rotatable bonds is 7. The molecule has 0 unspecified atom stereocenters. The zero-order valence-electron chi connectivity index (χ0n) is 23.5. The second-order valence-electron chi connectivity index (χ2n) is 10.0. The van der Waals surface area contributed by atoms with Crippen LogP contribution in [0.4, 0.5) is 40.0 Å². The van der Waals surface area contributed by atoms with E-state index in [-0.39, 0.29) is 64.9 Å². The number of amides is 3. The topological polar surface area (TPSA) is 132 Å². The summed E-state index contributed by atoms with van der Waals surface area (Å²) in [6.07, 6.45) is -4.73. The normalized spacial score (nSPS) is 15.7. The number of hydrogen-bond acceptors (Lipinski definition) is 8. The molecular formula is C28H29ClF3N7O5. The number of urea groups is 1. The van der Waals surface area contributed by atoms with Crippen molar-refractivity contribution < 1.29 is 37.3 Å². The first-order valence-electron chi connectivity index (χ1n) is 13.7. The number of anilines is 3. The van der Waals surface area contributed by atoms with Crippen molar-refractivity contribution in [3.63, 3.8) is 0 Å². The van der Waals surface area contributed by atoms with E-state index in [1.54, 1.807) is 0 Å². The molecule has 2 aromatic carbocycles. The lowest BCUT2D eigenvalue weighted by Crippen LogP contribution is -2.45. The van der Waals surface area contributed by atoms with E-state index < -0.39 is 23.9 Å². The number of alkyl halides is 3. The lowest BCUT2D eigenvalue weighted by molar-refractivity contribution is -0.138. The van der Waals surface area contributed by atoms with Gasteiger partial charge in [0.15, 0.2) is 5.82 Å². The number of carboxylic acid groups (broad SMARTS) is 1. The summed E-state index contributed by atoms with van der Waals surface area (Å²) in [5.41, 5.74) is -0.508. The summed E-state index contributed by atoms with van der Waals surface area (Å²) in [6, 6.07) is 7.21. The van der Waals surface area contributed by atoms with Crippen molar-refractivity contribution in [3.05, 3.63) is 58.9 Å². The van der Waals surface area contributed by atoms with Crippen LogP contribution in [-0.2, 0) is 12.7 Å². The van der Waals surface area contributed by atoms with Gasteiger partial charge in [-0.3, -0.25) is 9.80 Å². The Hall–Kier alpha value is -4.34. The Morgan fingerprint density at radius 2 is 1.70 bits per heavy atom. The number of piperazine rings is 1. The number of aromatic nitrogens is 2. The van der Waals surface area contributed by atoms with Crippen molar-refractivity contribution >= 4 is 40.9 Å². The van der Waals surface area contributed by atoms with Gasteiger partial charge in [-0.25, -0.2) is 14.6 Å². The highest BCUT2D eigenvalue weighted by Gasteiger charge is 2.34. The minimum Gasteiger partial charge on any atom is -0.483 e. The van der Waals surface area contributed by atoms with Crippen molar-refractivity contribution in [2.24, 2.45) is 0 Å². The van der Waals surface area contributed by atoms with Crippen LogP contribution in [0, 0.1) is 0 Å². The average Bonchev–Trinajstić information content (AvgIpc) is 2.99.